The maximum Gasteiger partial charge on any atom is 0.189 e. The van der Waals surface area contributed by atoms with Crippen LogP contribution in [-0.4, -0.2) is 33.6 Å². The third-order valence-corrected chi connectivity index (χ3v) is 4.10. The highest BCUT2D eigenvalue weighted by Gasteiger charge is 2.34. The molecule has 5 rings (SSSR count). The minimum absolute atomic E-state index is 0.692. The number of fused-ring (bicyclic) bond motifs is 6. The smallest absolute Gasteiger partial charge is 0.189 e. The summed E-state index contributed by atoms with van der Waals surface area (Å²) in [6.07, 6.45) is 1.84. The van der Waals surface area contributed by atoms with Gasteiger partial charge in [-0.25, -0.2) is 4.98 Å². The van der Waals surface area contributed by atoms with Crippen LogP contribution >= 0.6 is 0 Å². The molecule has 0 amide bonds. The summed E-state index contributed by atoms with van der Waals surface area (Å²) in [6.45, 7) is 3.56. The molecule has 0 saturated heterocycles. The van der Waals surface area contributed by atoms with Crippen molar-refractivity contribution in [3.63, 3.8) is 0 Å². The Morgan fingerprint density at radius 2 is 2.14 bits per heavy atom. The second kappa shape index (κ2) is 4.07. The molecule has 0 radical (unpaired) electrons. The van der Waals surface area contributed by atoms with Gasteiger partial charge in [0.05, 0.1) is 17.9 Å². The summed E-state index contributed by atoms with van der Waals surface area (Å²) in [4.78, 5) is 11.5. The Kier molecular flexibility index (Phi) is 2.17. The van der Waals surface area contributed by atoms with Gasteiger partial charge in [-0.1, -0.05) is 17.3 Å². The van der Waals surface area contributed by atoms with Gasteiger partial charge in [0.1, 0.15) is 12.2 Å². The van der Waals surface area contributed by atoms with Gasteiger partial charge in [0.25, 0.3) is 0 Å². The van der Waals surface area contributed by atoms with E-state index in [1.54, 1.807) is 0 Å². The zero-order chi connectivity index (χ0) is 14.7. The summed E-state index contributed by atoms with van der Waals surface area (Å²) in [6, 6.07) is 10.2. The van der Waals surface area contributed by atoms with Gasteiger partial charge in [0.15, 0.2) is 17.3 Å². The van der Waals surface area contributed by atoms with E-state index < -0.39 is 0 Å². The number of nitrogens with zero attached hydrogens (tertiary/aromatic N) is 5. The summed E-state index contributed by atoms with van der Waals surface area (Å²) in [5, 5.41) is 3.98. The second-order valence-electron chi connectivity index (χ2n) is 5.49. The molecule has 0 saturated carbocycles. The molecule has 22 heavy (non-hydrogen) atoms. The van der Waals surface area contributed by atoms with Crippen molar-refractivity contribution in [3.8, 4) is 17.1 Å². The van der Waals surface area contributed by atoms with E-state index in [0.29, 0.717) is 5.76 Å². The molecule has 0 fully saturated rings. The quantitative estimate of drug-likeness (QED) is 0.691. The van der Waals surface area contributed by atoms with Crippen molar-refractivity contribution in [3.05, 3.63) is 47.9 Å². The Hall–Kier alpha value is -2.89. The number of aromatic nitrogens is 3. The average molecular weight is 291 g/mol. The highest BCUT2D eigenvalue weighted by Crippen LogP contribution is 2.39. The number of benzene rings is 1. The Balaban J connectivity index is 1.81. The van der Waals surface area contributed by atoms with Crippen molar-refractivity contribution >= 4 is 11.7 Å². The molecule has 3 aromatic rings. The molecule has 108 valence electrons. The average Bonchev–Trinajstić information content (AvgIpc) is 3.25. The topological polar surface area (TPSA) is 59.5 Å². The lowest BCUT2D eigenvalue weighted by Gasteiger charge is -2.29. The van der Waals surface area contributed by atoms with Gasteiger partial charge in [-0.05, 0) is 19.1 Å². The molecule has 0 unspecified atom stereocenters. The van der Waals surface area contributed by atoms with Crippen LogP contribution in [0.4, 0.5) is 5.82 Å². The summed E-state index contributed by atoms with van der Waals surface area (Å²) in [7, 11) is 0. The number of aryl methyl sites for hydroxylation is 1. The zero-order valence-electron chi connectivity index (χ0n) is 12.0. The van der Waals surface area contributed by atoms with Gasteiger partial charge in [0, 0.05) is 18.2 Å². The van der Waals surface area contributed by atoms with E-state index >= 15 is 0 Å². The Morgan fingerprint density at radius 1 is 1.23 bits per heavy atom. The van der Waals surface area contributed by atoms with Crippen LogP contribution in [0.5, 0.6) is 0 Å². The zero-order valence-corrected chi connectivity index (χ0v) is 12.0. The first kappa shape index (κ1) is 11.7. The van der Waals surface area contributed by atoms with Crippen LogP contribution in [0.1, 0.15) is 11.3 Å². The van der Waals surface area contributed by atoms with Crippen molar-refractivity contribution < 1.29 is 4.52 Å². The Labute approximate surface area is 126 Å². The van der Waals surface area contributed by atoms with Gasteiger partial charge in [-0.15, -0.1) is 0 Å². The van der Waals surface area contributed by atoms with Crippen LogP contribution in [0.3, 0.4) is 0 Å². The lowest BCUT2D eigenvalue weighted by Crippen LogP contribution is -2.34. The van der Waals surface area contributed by atoms with Gasteiger partial charge in [-0.2, -0.15) is 0 Å². The SMILES string of the molecule is Cc1cc(-c2ncn3c2N2CCN=C2c2ccccc2-3)on1. The van der Waals surface area contributed by atoms with Gasteiger partial charge < -0.3 is 9.42 Å². The number of rotatable bonds is 1. The molecule has 2 aromatic heterocycles. The molecule has 6 nitrogen and oxygen atoms in total. The standard InChI is InChI=1S/C16H13N5O/c1-10-8-13(22-19-10)14-16-20-7-6-17-15(20)11-4-2-3-5-12(11)21(16)9-18-14/h2-5,8-9H,6-7H2,1H3. The first-order chi connectivity index (χ1) is 10.8. The fraction of sp³-hybridized carbons (Fsp3) is 0.188. The number of anilines is 1. The summed E-state index contributed by atoms with van der Waals surface area (Å²) >= 11 is 0. The molecule has 0 atom stereocenters. The first-order valence-electron chi connectivity index (χ1n) is 7.26. The number of imidazole rings is 1. The fourth-order valence-electron chi connectivity index (χ4n) is 3.18. The molecular formula is C16H13N5O. The van der Waals surface area contributed by atoms with Crippen LogP contribution in [0.15, 0.2) is 46.2 Å². The molecule has 4 heterocycles. The number of hydrogen-bond acceptors (Lipinski definition) is 5. The fourth-order valence-corrected chi connectivity index (χ4v) is 3.18. The van der Waals surface area contributed by atoms with E-state index in [1.807, 2.05) is 31.5 Å². The van der Waals surface area contributed by atoms with Crippen LogP contribution < -0.4 is 4.90 Å². The van der Waals surface area contributed by atoms with E-state index in [9.17, 15) is 0 Å². The summed E-state index contributed by atoms with van der Waals surface area (Å²) < 4.78 is 7.52. The third-order valence-electron chi connectivity index (χ3n) is 4.10. The maximum atomic E-state index is 5.42. The monoisotopic (exact) mass is 291 g/mol. The van der Waals surface area contributed by atoms with E-state index in [-0.39, 0.29) is 0 Å². The predicted octanol–water partition coefficient (Wildman–Crippen LogP) is 2.42. The normalized spacial score (nSPS) is 15.3. The van der Waals surface area contributed by atoms with Crippen molar-refractivity contribution in [1.82, 2.24) is 14.7 Å². The van der Waals surface area contributed by atoms with E-state index in [2.05, 4.69) is 36.7 Å². The molecule has 0 spiro atoms. The maximum absolute atomic E-state index is 5.42. The number of amidine groups is 1. The molecule has 0 N–H and O–H groups in total. The van der Waals surface area contributed by atoms with Crippen molar-refractivity contribution in [2.24, 2.45) is 4.99 Å². The molecule has 0 bridgehead atoms. The Morgan fingerprint density at radius 3 is 3.00 bits per heavy atom. The van der Waals surface area contributed by atoms with Crippen molar-refractivity contribution in [1.29, 1.82) is 0 Å². The van der Waals surface area contributed by atoms with Crippen molar-refractivity contribution in [2.75, 3.05) is 18.0 Å². The second-order valence-corrected chi connectivity index (χ2v) is 5.49. The molecule has 1 aromatic carbocycles. The minimum atomic E-state index is 0.692. The molecule has 2 aliphatic rings. The lowest BCUT2D eigenvalue weighted by atomic mass is 10.1. The predicted molar refractivity (Wildman–Crippen MR) is 82.5 cm³/mol. The van der Waals surface area contributed by atoms with Crippen LogP contribution in [0.2, 0.25) is 0 Å². The molecule has 0 aliphatic carbocycles. The summed E-state index contributed by atoms with van der Waals surface area (Å²) in [5.41, 5.74) is 3.91. The highest BCUT2D eigenvalue weighted by atomic mass is 16.5. The summed E-state index contributed by atoms with van der Waals surface area (Å²) in [5.74, 6) is 2.71. The lowest BCUT2D eigenvalue weighted by molar-refractivity contribution is 0.426. The van der Waals surface area contributed by atoms with Gasteiger partial charge in [-0.3, -0.25) is 9.56 Å². The minimum Gasteiger partial charge on any atom is -0.354 e. The van der Waals surface area contributed by atoms with Crippen molar-refractivity contribution in [2.45, 2.75) is 6.92 Å². The number of para-hydroxylation sites is 1. The number of hydrogen-bond donors (Lipinski definition) is 0. The van der Waals surface area contributed by atoms with E-state index in [4.69, 9.17) is 4.52 Å². The molecule has 2 aliphatic heterocycles. The van der Waals surface area contributed by atoms with Gasteiger partial charge in [0.2, 0.25) is 0 Å². The highest BCUT2D eigenvalue weighted by molar-refractivity contribution is 6.16. The third kappa shape index (κ3) is 1.41. The van der Waals surface area contributed by atoms with E-state index in [1.165, 1.54) is 0 Å². The first-order valence-corrected chi connectivity index (χ1v) is 7.26. The Bertz CT molecular complexity index is 920. The van der Waals surface area contributed by atoms with Gasteiger partial charge >= 0.3 is 0 Å². The van der Waals surface area contributed by atoms with Crippen LogP contribution in [0, 0.1) is 6.92 Å². The van der Waals surface area contributed by atoms with E-state index in [0.717, 1.165) is 47.4 Å². The number of aliphatic imine (C=N–C) groups is 1. The molecule has 6 heteroatoms. The largest absolute Gasteiger partial charge is 0.354 e. The molecular weight excluding hydrogens is 278 g/mol. The van der Waals surface area contributed by atoms with Crippen LogP contribution in [-0.2, 0) is 0 Å². The van der Waals surface area contributed by atoms with Crippen LogP contribution in [0.25, 0.3) is 17.1 Å².